The molecule has 1 unspecified atom stereocenters. The van der Waals surface area contributed by atoms with E-state index in [9.17, 15) is 4.39 Å². The van der Waals surface area contributed by atoms with Crippen LogP contribution in [-0.2, 0) is 0 Å². The Morgan fingerprint density at radius 3 is 2.37 bits per heavy atom. The molecule has 2 fully saturated rings. The lowest BCUT2D eigenvalue weighted by atomic mass is 9.95. The number of rotatable bonds is 7. The van der Waals surface area contributed by atoms with Crippen LogP contribution >= 0.6 is 0 Å². The van der Waals surface area contributed by atoms with E-state index in [-0.39, 0.29) is 11.9 Å². The molecule has 1 aromatic heterocycles. The monoisotopic (exact) mass is 480 g/mol. The van der Waals surface area contributed by atoms with Crippen molar-refractivity contribution < 1.29 is 13.9 Å². The number of aromatic nitrogens is 4. The number of halogens is 1. The quantitative estimate of drug-likeness (QED) is 0.501. The van der Waals surface area contributed by atoms with Gasteiger partial charge in [0.15, 0.2) is 17.3 Å². The summed E-state index contributed by atoms with van der Waals surface area (Å²) in [6.07, 6.45) is 5.86. The van der Waals surface area contributed by atoms with Gasteiger partial charge in [0, 0.05) is 26.2 Å². The molecule has 35 heavy (non-hydrogen) atoms. The first kappa shape index (κ1) is 23.5. The Hall–Kier alpha value is -3.20. The van der Waals surface area contributed by atoms with Crippen LogP contribution in [0.1, 0.15) is 55.6 Å². The Morgan fingerprint density at radius 1 is 0.914 bits per heavy atom. The lowest BCUT2D eigenvalue weighted by Gasteiger charge is -2.40. The molecular formula is C26H33FN6O2. The highest BCUT2D eigenvalue weighted by molar-refractivity contribution is 5.48. The molecule has 0 spiro atoms. The largest absolute Gasteiger partial charge is 0.493 e. The summed E-state index contributed by atoms with van der Waals surface area (Å²) in [6.45, 7) is 2.95. The molecule has 5 rings (SSSR count). The molecule has 1 aliphatic carbocycles. The van der Waals surface area contributed by atoms with Gasteiger partial charge in [0.05, 0.1) is 32.0 Å². The van der Waals surface area contributed by atoms with E-state index in [1.54, 1.807) is 20.3 Å². The number of hydrogen-bond acceptors (Lipinski definition) is 7. The fourth-order valence-corrected chi connectivity index (χ4v) is 5.44. The highest BCUT2D eigenvalue weighted by atomic mass is 19.1. The summed E-state index contributed by atoms with van der Waals surface area (Å²) in [7, 11) is 3.29. The Balaban J connectivity index is 1.47. The number of anilines is 1. The van der Waals surface area contributed by atoms with Crippen molar-refractivity contribution >= 4 is 5.69 Å². The van der Waals surface area contributed by atoms with Gasteiger partial charge in [-0.1, -0.05) is 37.5 Å². The van der Waals surface area contributed by atoms with Crippen LogP contribution in [0.2, 0.25) is 0 Å². The summed E-state index contributed by atoms with van der Waals surface area (Å²) in [6, 6.07) is 13.2. The second-order valence-corrected chi connectivity index (χ2v) is 9.26. The van der Waals surface area contributed by atoms with Crippen molar-refractivity contribution in [1.82, 2.24) is 25.1 Å². The molecule has 9 heteroatoms. The van der Waals surface area contributed by atoms with Crippen LogP contribution in [0, 0.1) is 5.82 Å². The summed E-state index contributed by atoms with van der Waals surface area (Å²) in [4.78, 5) is 4.51. The summed E-state index contributed by atoms with van der Waals surface area (Å²) >= 11 is 0. The number of hydrogen-bond donors (Lipinski definition) is 0. The fraction of sp³-hybridized carbons (Fsp3) is 0.500. The van der Waals surface area contributed by atoms with Gasteiger partial charge in [-0.25, -0.2) is 9.07 Å². The van der Waals surface area contributed by atoms with Crippen LogP contribution in [0.25, 0.3) is 0 Å². The van der Waals surface area contributed by atoms with Crippen molar-refractivity contribution in [2.45, 2.75) is 44.2 Å². The van der Waals surface area contributed by atoms with Crippen LogP contribution in [0.4, 0.5) is 10.1 Å². The second-order valence-electron chi connectivity index (χ2n) is 9.26. The van der Waals surface area contributed by atoms with Crippen LogP contribution in [-0.4, -0.2) is 65.5 Å². The molecule has 1 saturated carbocycles. The Kier molecular flexibility index (Phi) is 7.13. The minimum Gasteiger partial charge on any atom is -0.493 e. The maximum Gasteiger partial charge on any atom is 0.173 e. The summed E-state index contributed by atoms with van der Waals surface area (Å²) in [5, 5.41) is 13.1. The predicted octanol–water partition coefficient (Wildman–Crippen LogP) is 4.25. The van der Waals surface area contributed by atoms with E-state index in [2.05, 4.69) is 31.4 Å². The lowest BCUT2D eigenvalue weighted by Crippen LogP contribution is -2.48. The normalized spacial score (nSPS) is 18.4. The maximum absolute atomic E-state index is 14.4. The van der Waals surface area contributed by atoms with Crippen LogP contribution in [0.5, 0.6) is 11.5 Å². The van der Waals surface area contributed by atoms with Crippen molar-refractivity contribution in [2.75, 3.05) is 45.3 Å². The van der Waals surface area contributed by atoms with Crippen molar-refractivity contribution in [3.63, 3.8) is 0 Å². The van der Waals surface area contributed by atoms with Crippen LogP contribution < -0.4 is 14.4 Å². The average Bonchev–Trinajstić information content (AvgIpc) is 3.39. The lowest BCUT2D eigenvalue weighted by molar-refractivity contribution is 0.193. The molecule has 3 aromatic rings. The number of para-hydroxylation sites is 1. The van der Waals surface area contributed by atoms with E-state index in [1.165, 1.54) is 25.3 Å². The van der Waals surface area contributed by atoms with Gasteiger partial charge in [-0.3, -0.25) is 4.90 Å². The number of piperazine rings is 1. The molecule has 0 N–H and O–H groups in total. The Morgan fingerprint density at radius 2 is 1.66 bits per heavy atom. The van der Waals surface area contributed by atoms with E-state index in [0.29, 0.717) is 23.2 Å². The third kappa shape index (κ3) is 4.82. The second kappa shape index (κ2) is 10.6. The summed E-state index contributed by atoms with van der Waals surface area (Å²) < 4.78 is 27.6. The van der Waals surface area contributed by atoms with Crippen LogP contribution in [0.3, 0.4) is 0 Å². The average molecular weight is 481 g/mol. The maximum atomic E-state index is 14.4. The van der Waals surface area contributed by atoms with E-state index in [1.807, 2.05) is 28.9 Å². The van der Waals surface area contributed by atoms with Crippen molar-refractivity contribution in [3.05, 3.63) is 59.7 Å². The zero-order chi connectivity index (χ0) is 24.2. The molecule has 0 amide bonds. The molecule has 2 heterocycles. The highest BCUT2D eigenvalue weighted by Gasteiger charge is 2.33. The van der Waals surface area contributed by atoms with Gasteiger partial charge >= 0.3 is 0 Å². The van der Waals surface area contributed by atoms with Crippen molar-refractivity contribution in [2.24, 2.45) is 0 Å². The molecule has 2 aromatic carbocycles. The molecule has 8 nitrogen and oxygen atoms in total. The molecule has 1 saturated heterocycles. The van der Waals surface area contributed by atoms with Gasteiger partial charge in [0.1, 0.15) is 5.82 Å². The molecule has 2 aliphatic rings. The molecule has 186 valence electrons. The minimum absolute atomic E-state index is 0.144. The minimum atomic E-state index is -0.182. The molecule has 0 radical (unpaired) electrons. The Labute approximate surface area is 205 Å². The first-order valence-electron chi connectivity index (χ1n) is 12.4. The van der Waals surface area contributed by atoms with E-state index in [4.69, 9.17) is 9.47 Å². The fourth-order valence-electron chi connectivity index (χ4n) is 5.44. The van der Waals surface area contributed by atoms with Gasteiger partial charge in [-0.2, -0.15) is 0 Å². The Bertz CT molecular complexity index is 1120. The van der Waals surface area contributed by atoms with Gasteiger partial charge < -0.3 is 14.4 Å². The van der Waals surface area contributed by atoms with Gasteiger partial charge in [-0.15, -0.1) is 5.10 Å². The number of ether oxygens (including phenoxy) is 2. The van der Waals surface area contributed by atoms with E-state index >= 15 is 0 Å². The molecule has 0 bridgehead atoms. The zero-order valence-electron chi connectivity index (χ0n) is 20.4. The zero-order valence-corrected chi connectivity index (χ0v) is 20.4. The number of benzene rings is 2. The van der Waals surface area contributed by atoms with Crippen molar-refractivity contribution in [1.29, 1.82) is 0 Å². The smallest absolute Gasteiger partial charge is 0.173 e. The molecule has 1 aliphatic heterocycles. The summed E-state index contributed by atoms with van der Waals surface area (Å²) in [5.74, 6) is 2.03. The van der Waals surface area contributed by atoms with Gasteiger partial charge in [0.2, 0.25) is 0 Å². The van der Waals surface area contributed by atoms with Gasteiger partial charge in [-0.05, 0) is 53.1 Å². The van der Waals surface area contributed by atoms with Crippen molar-refractivity contribution in [3.8, 4) is 11.5 Å². The number of nitrogens with zero attached hydrogens (tertiary/aromatic N) is 6. The number of methoxy groups -OCH3 is 2. The number of tetrazole rings is 1. The molecular weight excluding hydrogens is 447 g/mol. The summed E-state index contributed by atoms with van der Waals surface area (Å²) in [5.41, 5.74) is 1.70. The molecule has 1 atom stereocenters. The third-order valence-corrected chi connectivity index (χ3v) is 7.28. The standard InChI is InChI=1S/C26H33FN6O2/c1-34-23-13-12-19(18-24(23)35-2)25(26-28-29-30-33(26)20-8-4-3-5-9-20)32-16-14-31(15-17-32)22-11-7-6-10-21(22)27/h6-7,10-13,18,20,25H,3-5,8-9,14-17H2,1-2H3. The highest BCUT2D eigenvalue weighted by Crippen LogP contribution is 2.37. The van der Waals surface area contributed by atoms with Crippen LogP contribution in [0.15, 0.2) is 42.5 Å². The topological polar surface area (TPSA) is 68.5 Å². The van der Waals surface area contributed by atoms with E-state index in [0.717, 1.165) is 50.4 Å². The van der Waals surface area contributed by atoms with E-state index < -0.39 is 0 Å². The first-order chi connectivity index (χ1) is 17.2. The van der Waals surface area contributed by atoms with Gasteiger partial charge in [0.25, 0.3) is 0 Å². The third-order valence-electron chi connectivity index (χ3n) is 7.28. The SMILES string of the molecule is COc1ccc(C(c2nnnn2C2CCCCC2)N2CCN(c3ccccc3F)CC2)cc1OC. The predicted molar refractivity (Wildman–Crippen MR) is 132 cm³/mol. The first-order valence-corrected chi connectivity index (χ1v) is 12.4.